The van der Waals surface area contributed by atoms with E-state index in [2.05, 4.69) is 20.4 Å². The van der Waals surface area contributed by atoms with Gasteiger partial charge >= 0.3 is 0 Å². The molecule has 0 saturated carbocycles. The molecule has 0 bridgehead atoms. The highest BCUT2D eigenvalue weighted by molar-refractivity contribution is 6.29. The Hall–Kier alpha value is -2.34. The zero-order valence-electron chi connectivity index (χ0n) is 10.0. The monoisotopic (exact) mass is 275 g/mol. The predicted molar refractivity (Wildman–Crippen MR) is 72.1 cm³/mol. The van der Waals surface area contributed by atoms with E-state index in [0.29, 0.717) is 16.7 Å². The topological polar surface area (TPSA) is 64.3 Å². The van der Waals surface area contributed by atoms with Crippen LogP contribution in [0.2, 0.25) is 5.15 Å². The molecule has 0 saturated heterocycles. The van der Waals surface area contributed by atoms with Gasteiger partial charge in [-0.2, -0.15) is 19.6 Å². The molecule has 3 rings (SSSR count). The minimum absolute atomic E-state index is 0.345. The Bertz CT molecular complexity index is 727. The van der Waals surface area contributed by atoms with Crippen LogP contribution in [0.1, 0.15) is 0 Å². The van der Waals surface area contributed by atoms with Gasteiger partial charge in [0, 0.05) is 6.07 Å². The molecule has 2 aromatic heterocycles. The third-order valence-corrected chi connectivity index (χ3v) is 2.78. The van der Waals surface area contributed by atoms with Crippen LogP contribution in [-0.4, -0.2) is 26.7 Å². The van der Waals surface area contributed by atoms with Crippen LogP contribution in [0.4, 0.5) is 11.5 Å². The lowest BCUT2D eigenvalue weighted by Gasteiger charge is -2.11. The Morgan fingerprint density at radius 2 is 2.16 bits per heavy atom. The number of fused-ring (bicyclic) bond motifs is 1. The molecular weight excluding hydrogens is 266 g/mol. The molecule has 0 aliphatic rings. The van der Waals surface area contributed by atoms with Crippen LogP contribution in [-0.2, 0) is 0 Å². The third-order valence-electron chi connectivity index (χ3n) is 2.59. The van der Waals surface area contributed by atoms with E-state index in [1.165, 1.54) is 6.33 Å². The smallest absolute Gasteiger partial charge is 0.255 e. The molecular formula is C12H10ClN5O. The molecule has 0 amide bonds. The highest BCUT2D eigenvalue weighted by Gasteiger charge is 2.08. The molecule has 0 unspecified atom stereocenters. The summed E-state index contributed by atoms with van der Waals surface area (Å²) in [7, 11) is 1.62. The van der Waals surface area contributed by atoms with Gasteiger partial charge in [-0.1, -0.05) is 23.7 Å². The van der Waals surface area contributed by atoms with Gasteiger partial charge in [-0.3, -0.25) is 0 Å². The maximum Gasteiger partial charge on any atom is 0.255 e. The maximum absolute atomic E-state index is 5.96. The molecule has 19 heavy (non-hydrogen) atoms. The first kappa shape index (κ1) is 11.7. The van der Waals surface area contributed by atoms with Crippen molar-refractivity contribution < 1.29 is 4.74 Å². The molecule has 0 radical (unpaired) electrons. The molecule has 0 aliphatic carbocycles. The van der Waals surface area contributed by atoms with Gasteiger partial charge in [-0.25, -0.2) is 0 Å². The number of aromatic nitrogens is 4. The van der Waals surface area contributed by atoms with Crippen molar-refractivity contribution in [2.75, 3.05) is 12.4 Å². The molecule has 7 heteroatoms. The van der Waals surface area contributed by atoms with E-state index in [9.17, 15) is 0 Å². The minimum atomic E-state index is 0.345. The highest BCUT2D eigenvalue weighted by Crippen LogP contribution is 2.27. The normalized spacial score (nSPS) is 10.6. The van der Waals surface area contributed by atoms with Crippen LogP contribution in [0.15, 0.2) is 36.7 Å². The van der Waals surface area contributed by atoms with Gasteiger partial charge in [0.15, 0.2) is 0 Å². The van der Waals surface area contributed by atoms with Gasteiger partial charge in [0.05, 0.1) is 12.8 Å². The van der Waals surface area contributed by atoms with E-state index >= 15 is 0 Å². The summed E-state index contributed by atoms with van der Waals surface area (Å²) in [5.74, 6) is 1.82. The summed E-state index contributed by atoms with van der Waals surface area (Å²) < 4.78 is 6.85. The second kappa shape index (κ2) is 4.74. The van der Waals surface area contributed by atoms with E-state index in [4.69, 9.17) is 16.3 Å². The van der Waals surface area contributed by atoms with E-state index in [1.54, 1.807) is 17.7 Å². The Morgan fingerprint density at radius 3 is 3.00 bits per heavy atom. The number of hydrogen-bond donors (Lipinski definition) is 1. The molecule has 2 heterocycles. The lowest BCUT2D eigenvalue weighted by atomic mass is 10.3. The Kier molecular flexibility index (Phi) is 2.92. The first-order valence-corrected chi connectivity index (χ1v) is 5.92. The van der Waals surface area contributed by atoms with E-state index < -0.39 is 0 Å². The zero-order chi connectivity index (χ0) is 13.2. The number of benzene rings is 1. The van der Waals surface area contributed by atoms with E-state index in [-0.39, 0.29) is 0 Å². The summed E-state index contributed by atoms with van der Waals surface area (Å²) in [6, 6.07) is 9.25. The summed E-state index contributed by atoms with van der Waals surface area (Å²) in [4.78, 5) is 8.07. The standard InChI is InChI=1S/C12H10ClN5O/c1-19-9-5-3-2-4-8(9)16-11-6-10(13)17-12-14-7-15-18(11)12/h2-7,16H,1H3. The number of methoxy groups -OCH3 is 1. The molecule has 96 valence electrons. The van der Waals surface area contributed by atoms with Crippen LogP contribution in [0.25, 0.3) is 5.78 Å². The molecule has 0 fully saturated rings. The number of nitrogens with one attached hydrogen (secondary N) is 1. The minimum Gasteiger partial charge on any atom is -0.495 e. The average Bonchev–Trinajstić information content (AvgIpc) is 2.87. The van der Waals surface area contributed by atoms with Crippen LogP contribution in [0.5, 0.6) is 5.75 Å². The zero-order valence-corrected chi connectivity index (χ0v) is 10.8. The lowest BCUT2D eigenvalue weighted by Crippen LogP contribution is -2.02. The lowest BCUT2D eigenvalue weighted by molar-refractivity contribution is 0.417. The summed E-state index contributed by atoms with van der Waals surface area (Å²) >= 11 is 5.96. The first-order chi connectivity index (χ1) is 9.28. The van der Waals surface area contributed by atoms with Gasteiger partial charge in [-0.05, 0) is 12.1 Å². The van der Waals surface area contributed by atoms with Crippen molar-refractivity contribution in [1.82, 2.24) is 19.6 Å². The predicted octanol–water partition coefficient (Wildman–Crippen LogP) is 2.53. The fraction of sp³-hybridized carbons (Fsp3) is 0.0833. The number of para-hydroxylation sites is 2. The van der Waals surface area contributed by atoms with Crippen molar-refractivity contribution >= 4 is 28.9 Å². The molecule has 6 nitrogen and oxygen atoms in total. The highest BCUT2D eigenvalue weighted by atomic mass is 35.5. The number of ether oxygens (including phenoxy) is 1. The molecule has 1 aromatic carbocycles. The van der Waals surface area contributed by atoms with Gasteiger partial charge in [0.25, 0.3) is 5.78 Å². The van der Waals surface area contributed by atoms with Crippen LogP contribution < -0.4 is 10.1 Å². The van der Waals surface area contributed by atoms with Gasteiger partial charge in [-0.15, -0.1) is 0 Å². The van der Waals surface area contributed by atoms with Crippen molar-refractivity contribution in [3.05, 3.63) is 41.8 Å². The summed E-state index contributed by atoms with van der Waals surface area (Å²) in [5, 5.41) is 7.64. The second-order valence-corrected chi connectivity index (χ2v) is 4.15. The molecule has 1 N–H and O–H groups in total. The second-order valence-electron chi connectivity index (χ2n) is 3.76. The molecule has 3 aromatic rings. The van der Waals surface area contributed by atoms with Crippen LogP contribution in [0.3, 0.4) is 0 Å². The quantitative estimate of drug-likeness (QED) is 0.744. The van der Waals surface area contributed by atoms with Crippen molar-refractivity contribution in [2.45, 2.75) is 0 Å². The van der Waals surface area contributed by atoms with Crippen LogP contribution >= 0.6 is 11.6 Å². The van der Waals surface area contributed by atoms with E-state index in [0.717, 1.165) is 11.4 Å². The van der Waals surface area contributed by atoms with Crippen LogP contribution in [0, 0.1) is 0 Å². The SMILES string of the molecule is COc1ccccc1Nc1cc(Cl)nc2ncnn12. The summed E-state index contributed by atoms with van der Waals surface area (Å²) in [5.41, 5.74) is 0.809. The molecule has 0 spiro atoms. The Balaban J connectivity index is 2.07. The fourth-order valence-electron chi connectivity index (χ4n) is 1.76. The maximum atomic E-state index is 5.96. The fourth-order valence-corrected chi connectivity index (χ4v) is 1.94. The van der Waals surface area contributed by atoms with Gasteiger partial charge in [0.2, 0.25) is 0 Å². The molecule has 0 atom stereocenters. The van der Waals surface area contributed by atoms with E-state index in [1.807, 2.05) is 24.3 Å². The van der Waals surface area contributed by atoms with Crippen molar-refractivity contribution in [2.24, 2.45) is 0 Å². The first-order valence-electron chi connectivity index (χ1n) is 5.54. The summed E-state index contributed by atoms with van der Waals surface area (Å²) in [6.07, 6.45) is 1.42. The van der Waals surface area contributed by atoms with Gasteiger partial charge in [0.1, 0.15) is 23.0 Å². The third kappa shape index (κ3) is 2.17. The Morgan fingerprint density at radius 1 is 1.32 bits per heavy atom. The number of anilines is 2. The number of nitrogens with zero attached hydrogens (tertiary/aromatic N) is 4. The Labute approximate surface area is 114 Å². The number of hydrogen-bond acceptors (Lipinski definition) is 5. The largest absolute Gasteiger partial charge is 0.495 e. The van der Waals surface area contributed by atoms with Crippen molar-refractivity contribution in [3.63, 3.8) is 0 Å². The summed E-state index contributed by atoms with van der Waals surface area (Å²) in [6.45, 7) is 0. The average molecular weight is 276 g/mol. The number of rotatable bonds is 3. The van der Waals surface area contributed by atoms with Crippen molar-refractivity contribution in [1.29, 1.82) is 0 Å². The number of halogens is 1. The molecule has 0 aliphatic heterocycles. The van der Waals surface area contributed by atoms with Crippen molar-refractivity contribution in [3.8, 4) is 5.75 Å². The van der Waals surface area contributed by atoms with Gasteiger partial charge < -0.3 is 10.1 Å².